The van der Waals surface area contributed by atoms with Gasteiger partial charge in [0.15, 0.2) is 5.82 Å². The number of hydrogen-bond donors (Lipinski definition) is 0. The van der Waals surface area contributed by atoms with Gasteiger partial charge in [0, 0.05) is 11.1 Å². The van der Waals surface area contributed by atoms with E-state index in [-0.39, 0.29) is 0 Å². The Morgan fingerprint density at radius 1 is 0.333 bits per heavy atom. The quantitative estimate of drug-likeness (QED) is 0.165. The molecule has 8 aromatic rings. The standard InChI is InChI=1S/C48H36N2Si/c1-51(2)44-25-10-9-24-43(44)46-47(51)45(36-28-26-35(27-29-36)39-20-11-18-37(30-39)33-14-5-3-6-15-33)49-48(50-46)42-23-13-22-41(32-42)40-21-12-19-38(31-40)34-16-7-4-8-17-34/h3-32H,1-2H3. The highest BCUT2D eigenvalue weighted by Crippen LogP contribution is 2.36. The van der Waals surface area contributed by atoms with Crippen LogP contribution in [0.15, 0.2) is 182 Å². The van der Waals surface area contributed by atoms with E-state index >= 15 is 0 Å². The van der Waals surface area contributed by atoms with Crippen molar-refractivity contribution in [3.05, 3.63) is 182 Å². The summed E-state index contributed by atoms with van der Waals surface area (Å²) in [6.07, 6.45) is 0. The molecule has 1 aliphatic rings. The van der Waals surface area contributed by atoms with Gasteiger partial charge in [-0.1, -0.05) is 177 Å². The second kappa shape index (κ2) is 12.6. The van der Waals surface area contributed by atoms with E-state index < -0.39 is 8.07 Å². The topological polar surface area (TPSA) is 25.8 Å². The smallest absolute Gasteiger partial charge is 0.160 e. The lowest BCUT2D eigenvalue weighted by Crippen LogP contribution is -2.50. The molecular formula is C48H36N2Si. The van der Waals surface area contributed by atoms with Crippen LogP contribution in [-0.2, 0) is 0 Å². The van der Waals surface area contributed by atoms with Crippen molar-refractivity contribution in [3.63, 3.8) is 0 Å². The first-order chi connectivity index (χ1) is 25.0. The average Bonchev–Trinajstić information content (AvgIpc) is 3.44. The van der Waals surface area contributed by atoms with Gasteiger partial charge in [-0.25, -0.2) is 9.97 Å². The molecule has 0 saturated heterocycles. The largest absolute Gasteiger partial charge is 0.228 e. The highest BCUT2D eigenvalue weighted by atomic mass is 28.3. The number of fused-ring (bicyclic) bond motifs is 3. The maximum atomic E-state index is 5.44. The average molecular weight is 669 g/mol. The lowest BCUT2D eigenvalue weighted by Gasteiger charge is -2.22. The van der Waals surface area contributed by atoms with Crippen LogP contribution in [0.2, 0.25) is 13.1 Å². The van der Waals surface area contributed by atoms with E-state index in [1.54, 1.807) is 0 Å². The van der Waals surface area contributed by atoms with Crippen molar-refractivity contribution in [1.82, 2.24) is 9.97 Å². The van der Waals surface area contributed by atoms with Crippen molar-refractivity contribution in [1.29, 1.82) is 0 Å². The molecule has 0 unspecified atom stereocenters. The Bertz CT molecular complexity index is 2540. The highest BCUT2D eigenvalue weighted by Gasteiger charge is 2.41. The van der Waals surface area contributed by atoms with Crippen molar-refractivity contribution in [2.75, 3.05) is 0 Å². The fourth-order valence-electron chi connectivity index (χ4n) is 7.63. The summed E-state index contributed by atoms with van der Waals surface area (Å²) in [5.41, 5.74) is 15.1. The van der Waals surface area contributed by atoms with Crippen LogP contribution in [0, 0.1) is 0 Å². The molecule has 0 saturated carbocycles. The van der Waals surface area contributed by atoms with E-state index in [2.05, 4.69) is 195 Å². The summed E-state index contributed by atoms with van der Waals surface area (Å²) < 4.78 is 0. The number of nitrogens with zero attached hydrogens (tertiary/aromatic N) is 2. The maximum absolute atomic E-state index is 5.44. The van der Waals surface area contributed by atoms with Crippen LogP contribution < -0.4 is 10.4 Å². The minimum absolute atomic E-state index is 0.756. The molecule has 2 nitrogen and oxygen atoms in total. The monoisotopic (exact) mass is 668 g/mol. The van der Waals surface area contributed by atoms with E-state index in [0.717, 1.165) is 33.9 Å². The van der Waals surface area contributed by atoms with Crippen molar-refractivity contribution < 1.29 is 0 Å². The molecule has 0 aliphatic carbocycles. The fraction of sp³-hybridized carbons (Fsp3) is 0.0417. The molecule has 0 radical (unpaired) electrons. The zero-order valence-electron chi connectivity index (χ0n) is 28.7. The zero-order chi connectivity index (χ0) is 34.4. The minimum atomic E-state index is -2.08. The van der Waals surface area contributed by atoms with Gasteiger partial charge < -0.3 is 0 Å². The number of aromatic nitrogens is 2. The Morgan fingerprint density at radius 2 is 0.725 bits per heavy atom. The number of rotatable bonds is 6. The molecule has 3 heteroatoms. The summed E-state index contributed by atoms with van der Waals surface area (Å²) in [7, 11) is -2.08. The third kappa shape index (κ3) is 5.62. The first-order valence-corrected chi connectivity index (χ1v) is 20.6. The van der Waals surface area contributed by atoms with Gasteiger partial charge >= 0.3 is 0 Å². The Balaban J connectivity index is 1.15. The highest BCUT2D eigenvalue weighted by molar-refractivity contribution is 7.04. The molecule has 242 valence electrons. The van der Waals surface area contributed by atoms with E-state index in [0.29, 0.717) is 0 Å². The van der Waals surface area contributed by atoms with Crippen LogP contribution >= 0.6 is 0 Å². The van der Waals surface area contributed by atoms with Crippen LogP contribution in [0.5, 0.6) is 0 Å². The van der Waals surface area contributed by atoms with Gasteiger partial charge in [0.25, 0.3) is 0 Å². The number of benzene rings is 7. The van der Waals surface area contributed by atoms with Crippen molar-refractivity contribution in [2.45, 2.75) is 13.1 Å². The van der Waals surface area contributed by atoms with Gasteiger partial charge in [-0.15, -0.1) is 0 Å². The van der Waals surface area contributed by atoms with Gasteiger partial charge in [-0.3, -0.25) is 0 Å². The van der Waals surface area contributed by atoms with Crippen LogP contribution in [0.3, 0.4) is 0 Å². The van der Waals surface area contributed by atoms with Gasteiger partial charge in [0.2, 0.25) is 0 Å². The lowest BCUT2D eigenvalue weighted by molar-refractivity contribution is 1.20. The molecule has 1 aliphatic heterocycles. The van der Waals surface area contributed by atoms with Crippen LogP contribution in [-0.4, -0.2) is 18.0 Å². The SMILES string of the molecule is C[Si]1(C)c2ccccc2-c2nc(-c3cccc(-c4cccc(-c5ccccc5)c4)c3)nc(-c3ccc(-c4cccc(-c5ccccc5)c4)cc3)c21. The van der Waals surface area contributed by atoms with Crippen LogP contribution in [0.25, 0.3) is 78.4 Å². The summed E-state index contributed by atoms with van der Waals surface area (Å²) in [5, 5.41) is 2.74. The zero-order valence-corrected chi connectivity index (χ0v) is 29.7. The Morgan fingerprint density at radius 3 is 1.29 bits per heavy atom. The molecule has 51 heavy (non-hydrogen) atoms. The summed E-state index contributed by atoms with van der Waals surface area (Å²) in [6, 6.07) is 65.2. The molecular weight excluding hydrogens is 633 g/mol. The second-order valence-corrected chi connectivity index (χ2v) is 18.1. The van der Waals surface area contributed by atoms with E-state index in [4.69, 9.17) is 9.97 Å². The molecule has 0 fully saturated rings. The molecule has 0 N–H and O–H groups in total. The van der Waals surface area contributed by atoms with E-state index in [9.17, 15) is 0 Å². The first-order valence-electron chi connectivity index (χ1n) is 17.6. The summed E-state index contributed by atoms with van der Waals surface area (Å²) in [5.74, 6) is 0.756. The van der Waals surface area contributed by atoms with Crippen molar-refractivity contribution >= 4 is 18.4 Å². The van der Waals surface area contributed by atoms with Crippen LogP contribution in [0.4, 0.5) is 0 Å². The van der Waals surface area contributed by atoms with E-state index in [1.165, 1.54) is 54.9 Å². The molecule has 2 heterocycles. The second-order valence-electron chi connectivity index (χ2n) is 13.8. The van der Waals surface area contributed by atoms with Gasteiger partial charge in [-0.05, 0) is 78.6 Å². The molecule has 0 spiro atoms. The third-order valence-corrected chi connectivity index (χ3v) is 13.8. The van der Waals surface area contributed by atoms with Crippen molar-refractivity contribution in [3.8, 4) is 78.4 Å². The predicted octanol–water partition coefficient (Wildman–Crippen LogP) is 11.3. The normalized spacial score (nSPS) is 12.7. The predicted molar refractivity (Wildman–Crippen MR) is 217 cm³/mol. The molecule has 1 aromatic heterocycles. The Hall–Kier alpha value is -6.16. The summed E-state index contributed by atoms with van der Waals surface area (Å²) in [6.45, 7) is 4.88. The molecule has 7 aromatic carbocycles. The first kappa shape index (κ1) is 30.9. The minimum Gasteiger partial charge on any atom is -0.228 e. The molecule has 9 rings (SSSR count). The Kier molecular flexibility index (Phi) is 7.64. The van der Waals surface area contributed by atoms with Crippen LogP contribution in [0.1, 0.15) is 0 Å². The Labute approximate surface area is 300 Å². The summed E-state index contributed by atoms with van der Waals surface area (Å²) in [4.78, 5) is 10.8. The third-order valence-electron chi connectivity index (χ3n) is 10.3. The van der Waals surface area contributed by atoms with E-state index in [1.807, 2.05) is 0 Å². The van der Waals surface area contributed by atoms with Crippen molar-refractivity contribution in [2.24, 2.45) is 0 Å². The number of hydrogen-bond acceptors (Lipinski definition) is 2. The van der Waals surface area contributed by atoms with Gasteiger partial charge in [0.05, 0.1) is 11.4 Å². The van der Waals surface area contributed by atoms with Gasteiger partial charge in [-0.2, -0.15) is 0 Å². The molecule has 0 amide bonds. The molecule has 0 atom stereocenters. The maximum Gasteiger partial charge on any atom is 0.160 e. The fourth-order valence-corrected chi connectivity index (χ4v) is 10.9. The summed E-state index contributed by atoms with van der Waals surface area (Å²) >= 11 is 0. The molecule has 0 bridgehead atoms. The van der Waals surface area contributed by atoms with Gasteiger partial charge in [0.1, 0.15) is 8.07 Å². The lowest BCUT2D eigenvalue weighted by atomic mass is 9.97.